The number of nitrogens with one attached hydrogen (secondary N) is 3. The zero-order chi connectivity index (χ0) is 18.1. The monoisotopic (exact) mass is 328 g/mol. The van der Waals surface area contributed by atoms with E-state index >= 15 is 0 Å². The maximum atomic E-state index is 11.9. The minimum Gasteiger partial charge on any atom is -0.444 e. The molecule has 0 aliphatic heterocycles. The first-order valence-corrected chi connectivity index (χ1v) is 8.53. The van der Waals surface area contributed by atoms with Crippen molar-refractivity contribution < 1.29 is 9.53 Å². The summed E-state index contributed by atoms with van der Waals surface area (Å²) in [4.78, 5) is 16.5. The number of nitrogens with zero attached hydrogens (tertiary/aromatic N) is 1. The summed E-state index contributed by atoms with van der Waals surface area (Å²) in [6.45, 7) is 17.3. The van der Waals surface area contributed by atoms with Crippen molar-refractivity contribution in [2.45, 2.75) is 85.4 Å². The lowest BCUT2D eigenvalue weighted by Crippen LogP contribution is -2.48. The van der Waals surface area contributed by atoms with E-state index < -0.39 is 5.60 Å². The van der Waals surface area contributed by atoms with Gasteiger partial charge in [0.25, 0.3) is 0 Å². The normalized spacial score (nSPS) is 14.2. The van der Waals surface area contributed by atoms with Crippen molar-refractivity contribution in [1.29, 1.82) is 0 Å². The number of carbonyl (C=O) groups is 1. The van der Waals surface area contributed by atoms with Crippen LogP contribution in [-0.4, -0.2) is 42.3 Å². The van der Waals surface area contributed by atoms with E-state index in [4.69, 9.17) is 4.74 Å². The molecule has 0 bridgehead atoms. The highest BCUT2D eigenvalue weighted by Crippen LogP contribution is 2.08. The number of hydrogen-bond acceptors (Lipinski definition) is 3. The van der Waals surface area contributed by atoms with Gasteiger partial charge in [0.05, 0.1) is 12.6 Å². The molecule has 6 heteroatoms. The first kappa shape index (κ1) is 21.5. The Balaban J connectivity index is 4.76. The van der Waals surface area contributed by atoms with Crippen LogP contribution in [0.15, 0.2) is 4.99 Å². The number of carbonyl (C=O) groups excluding carboxylic acids is 1. The Labute approximate surface area is 141 Å². The molecule has 6 nitrogen and oxygen atoms in total. The van der Waals surface area contributed by atoms with Gasteiger partial charge in [-0.1, -0.05) is 13.3 Å². The Morgan fingerprint density at radius 2 is 1.74 bits per heavy atom. The Kier molecular flexibility index (Phi) is 9.02. The van der Waals surface area contributed by atoms with Gasteiger partial charge in [-0.2, -0.15) is 0 Å². The maximum Gasteiger partial charge on any atom is 0.407 e. The standard InChI is InChI=1S/C17H36N4O2/c1-9-11-13(20-15(22)23-17(6,7)8)12-19-14(18-10-2)21-16(3,4)5/h13H,9-12H2,1-8H3,(H,20,22)(H2,18,19,21). The van der Waals surface area contributed by atoms with Gasteiger partial charge in [0.2, 0.25) is 0 Å². The molecule has 3 N–H and O–H groups in total. The van der Waals surface area contributed by atoms with E-state index in [1.165, 1.54) is 0 Å². The molecule has 0 saturated heterocycles. The molecule has 0 rings (SSSR count). The molecule has 0 radical (unpaired) electrons. The maximum absolute atomic E-state index is 11.9. The number of ether oxygens (including phenoxy) is 1. The molecule has 0 aromatic heterocycles. The predicted molar refractivity (Wildman–Crippen MR) is 96.9 cm³/mol. The first-order valence-electron chi connectivity index (χ1n) is 8.53. The molecule has 0 aliphatic rings. The molecular formula is C17H36N4O2. The first-order chi connectivity index (χ1) is 10.5. The Hall–Kier alpha value is -1.46. The molecule has 0 spiro atoms. The third-order valence-electron chi connectivity index (χ3n) is 2.67. The summed E-state index contributed by atoms with van der Waals surface area (Å²) >= 11 is 0. The minimum absolute atomic E-state index is 0.0368. The van der Waals surface area contributed by atoms with Gasteiger partial charge in [-0.25, -0.2) is 4.79 Å². The van der Waals surface area contributed by atoms with Crippen LogP contribution in [0.2, 0.25) is 0 Å². The summed E-state index contributed by atoms with van der Waals surface area (Å²) in [6, 6.07) is -0.0368. The molecular weight excluding hydrogens is 292 g/mol. The van der Waals surface area contributed by atoms with Crippen molar-refractivity contribution in [1.82, 2.24) is 16.0 Å². The van der Waals surface area contributed by atoms with Crippen molar-refractivity contribution in [3.8, 4) is 0 Å². The van der Waals surface area contributed by atoms with Gasteiger partial charge in [-0.05, 0) is 54.9 Å². The van der Waals surface area contributed by atoms with E-state index in [2.05, 4.69) is 48.6 Å². The SMILES string of the molecule is CCCC(CN=C(NCC)NC(C)(C)C)NC(=O)OC(C)(C)C. The number of amides is 1. The highest BCUT2D eigenvalue weighted by atomic mass is 16.6. The van der Waals surface area contributed by atoms with Crippen LogP contribution in [0.25, 0.3) is 0 Å². The fourth-order valence-corrected chi connectivity index (χ4v) is 1.90. The summed E-state index contributed by atoms with van der Waals surface area (Å²) in [7, 11) is 0. The lowest BCUT2D eigenvalue weighted by molar-refractivity contribution is 0.0503. The number of hydrogen-bond donors (Lipinski definition) is 3. The van der Waals surface area contributed by atoms with Gasteiger partial charge in [0.1, 0.15) is 5.60 Å². The van der Waals surface area contributed by atoms with E-state index in [-0.39, 0.29) is 17.7 Å². The molecule has 0 heterocycles. The Bertz CT molecular complexity index is 381. The van der Waals surface area contributed by atoms with Gasteiger partial charge < -0.3 is 20.7 Å². The second kappa shape index (κ2) is 9.63. The fourth-order valence-electron chi connectivity index (χ4n) is 1.90. The van der Waals surface area contributed by atoms with Crippen molar-refractivity contribution in [3.05, 3.63) is 0 Å². The molecule has 0 aromatic rings. The average molecular weight is 329 g/mol. The second-order valence-electron chi connectivity index (χ2n) is 7.73. The van der Waals surface area contributed by atoms with Crippen molar-refractivity contribution >= 4 is 12.1 Å². The van der Waals surface area contributed by atoms with Crippen molar-refractivity contribution in [3.63, 3.8) is 0 Å². The largest absolute Gasteiger partial charge is 0.444 e. The smallest absolute Gasteiger partial charge is 0.407 e. The Morgan fingerprint density at radius 3 is 2.17 bits per heavy atom. The molecule has 23 heavy (non-hydrogen) atoms. The van der Waals surface area contributed by atoms with E-state index in [0.29, 0.717) is 6.54 Å². The highest BCUT2D eigenvalue weighted by molar-refractivity contribution is 5.80. The van der Waals surface area contributed by atoms with Crippen LogP contribution in [-0.2, 0) is 4.74 Å². The summed E-state index contributed by atoms with van der Waals surface area (Å²) in [5, 5.41) is 9.48. The topological polar surface area (TPSA) is 74.8 Å². The molecule has 1 atom stereocenters. The minimum atomic E-state index is -0.493. The van der Waals surface area contributed by atoms with Gasteiger partial charge in [-0.15, -0.1) is 0 Å². The molecule has 1 unspecified atom stereocenters. The predicted octanol–water partition coefficient (Wildman–Crippen LogP) is 3.03. The van der Waals surface area contributed by atoms with Crippen LogP contribution in [0.4, 0.5) is 4.79 Å². The van der Waals surface area contributed by atoms with Crippen LogP contribution < -0.4 is 16.0 Å². The van der Waals surface area contributed by atoms with Crippen molar-refractivity contribution in [2.24, 2.45) is 4.99 Å². The van der Waals surface area contributed by atoms with Gasteiger partial charge in [0.15, 0.2) is 5.96 Å². The molecule has 0 aromatic carbocycles. The van der Waals surface area contributed by atoms with Crippen LogP contribution >= 0.6 is 0 Å². The molecule has 136 valence electrons. The third kappa shape index (κ3) is 12.7. The van der Waals surface area contributed by atoms with Gasteiger partial charge in [-0.3, -0.25) is 4.99 Å². The van der Waals surface area contributed by atoms with E-state index in [1.54, 1.807) is 0 Å². The average Bonchev–Trinajstić information content (AvgIpc) is 2.32. The summed E-state index contributed by atoms with van der Waals surface area (Å²) < 4.78 is 5.32. The summed E-state index contributed by atoms with van der Waals surface area (Å²) in [6.07, 6.45) is 1.44. The van der Waals surface area contributed by atoms with E-state index in [0.717, 1.165) is 25.3 Å². The molecule has 0 fully saturated rings. The number of rotatable bonds is 6. The van der Waals surface area contributed by atoms with E-state index in [9.17, 15) is 4.79 Å². The second-order valence-corrected chi connectivity index (χ2v) is 7.73. The molecule has 0 aliphatic carbocycles. The van der Waals surface area contributed by atoms with Crippen LogP contribution in [0.3, 0.4) is 0 Å². The van der Waals surface area contributed by atoms with Crippen LogP contribution in [0, 0.1) is 0 Å². The van der Waals surface area contributed by atoms with Crippen molar-refractivity contribution in [2.75, 3.05) is 13.1 Å². The quantitative estimate of drug-likeness (QED) is 0.517. The lowest BCUT2D eigenvalue weighted by atomic mass is 10.1. The zero-order valence-electron chi connectivity index (χ0n) is 16.2. The summed E-state index contributed by atoms with van der Waals surface area (Å²) in [5.41, 5.74) is -0.563. The number of aliphatic imine (C=N–C) groups is 1. The summed E-state index contributed by atoms with van der Waals surface area (Å²) in [5.74, 6) is 0.757. The fraction of sp³-hybridized carbons (Fsp3) is 0.882. The Morgan fingerprint density at radius 1 is 1.13 bits per heavy atom. The lowest BCUT2D eigenvalue weighted by Gasteiger charge is -2.25. The molecule has 0 saturated carbocycles. The molecule has 1 amide bonds. The zero-order valence-corrected chi connectivity index (χ0v) is 16.2. The third-order valence-corrected chi connectivity index (χ3v) is 2.67. The number of guanidine groups is 1. The van der Waals surface area contributed by atoms with E-state index in [1.807, 2.05) is 27.7 Å². The van der Waals surface area contributed by atoms with Gasteiger partial charge in [0, 0.05) is 12.1 Å². The van der Waals surface area contributed by atoms with Crippen LogP contribution in [0.1, 0.15) is 68.2 Å². The van der Waals surface area contributed by atoms with Crippen LogP contribution in [0.5, 0.6) is 0 Å². The van der Waals surface area contributed by atoms with Gasteiger partial charge >= 0.3 is 6.09 Å². The number of alkyl carbamates (subject to hydrolysis) is 1. The highest BCUT2D eigenvalue weighted by Gasteiger charge is 2.19.